The fourth-order valence-corrected chi connectivity index (χ4v) is 7.22. The summed E-state index contributed by atoms with van der Waals surface area (Å²) in [6.45, 7) is 1.83. The highest BCUT2D eigenvalue weighted by molar-refractivity contribution is 7.90. The SMILES string of the molecule is COc1cc(S(C)(=O)=O)ccc1NCC#Cc1sc2c(N3CC4CC(N)C4C3)cccc2c1CC(F)(F)F. The molecule has 0 spiro atoms. The van der Waals surface area contributed by atoms with Gasteiger partial charge in [-0.2, -0.15) is 13.2 Å². The molecule has 2 aromatic carbocycles. The summed E-state index contributed by atoms with van der Waals surface area (Å²) < 4.78 is 70.4. The predicted octanol–water partition coefficient (Wildman–Crippen LogP) is 4.67. The van der Waals surface area contributed by atoms with E-state index in [0.29, 0.717) is 33.5 Å². The monoisotopic (exact) mass is 563 g/mol. The van der Waals surface area contributed by atoms with Gasteiger partial charge in [0.1, 0.15) is 5.75 Å². The van der Waals surface area contributed by atoms with Gasteiger partial charge in [-0.3, -0.25) is 0 Å². The number of fused-ring (bicyclic) bond motifs is 2. The number of hydrogen-bond acceptors (Lipinski definition) is 7. The van der Waals surface area contributed by atoms with Gasteiger partial charge >= 0.3 is 6.18 Å². The van der Waals surface area contributed by atoms with Crippen LogP contribution in [-0.4, -0.2) is 53.6 Å². The van der Waals surface area contributed by atoms with Crippen LogP contribution in [0.3, 0.4) is 0 Å². The molecule has 3 aromatic rings. The molecule has 2 fully saturated rings. The summed E-state index contributed by atoms with van der Waals surface area (Å²) >= 11 is 1.29. The van der Waals surface area contributed by atoms with Crippen LogP contribution in [0, 0.1) is 23.7 Å². The molecule has 0 amide bonds. The third kappa shape index (κ3) is 5.30. The molecule has 1 aliphatic heterocycles. The molecule has 1 aromatic heterocycles. The van der Waals surface area contributed by atoms with Crippen molar-refractivity contribution in [2.45, 2.75) is 30.0 Å². The number of hydrogen-bond donors (Lipinski definition) is 2. The van der Waals surface area contributed by atoms with Crippen LogP contribution in [0.15, 0.2) is 41.3 Å². The molecule has 1 saturated carbocycles. The van der Waals surface area contributed by atoms with Gasteiger partial charge in [-0.15, -0.1) is 11.3 Å². The number of nitrogens with zero attached hydrogens (tertiary/aromatic N) is 1. The van der Waals surface area contributed by atoms with E-state index in [2.05, 4.69) is 22.1 Å². The van der Waals surface area contributed by atoms with Crippen LogP contribution >= 0.6 is 11.3 Å². The van der Waals surface area contributed by atoms with Crippen LogP contribution in [-0.2, 0) is 16.3 Å². The van der Waals surface area contributed by atoms with Gasteiger partial charge in [0, 0.05) is 31.5 Å². The number of benzene rings is 2. The molecule has 1 saturated heterocycles. The van der Waals surface area contributed by atoms with Gasteiger partial charge in [0.05, 0.1) is 45.9 Å². The molecule has 6 nitrogen and oxygen atoms in total. The van der Waals surface area contributed by atoms with Crippen molar-refractivity contribution in [1.29, 1.82) is 0 Å². The van der Waals surface area contributed by atoms with E-state index in [9.17, 15) is 21.6 Å². The molecule has 0 bridgehead atoms. The fourth-order valence-electron chi connectivity index (χ4n) is 5.35. The van der Waals surface area contributed by atoms with Crippen molar-refractivity contribution in [2.24, 2.45) is 17.6 Å². The molecule has 11 heteroatoms. The van der Waals surface area contributed by atoms with Crippen LogP contribution in [0.25, 0.3) is 10.1 Å². The Morgan fingerprint density at radius 3 is 2.68 bits per heavy atom. The first-order valence-electron chi connectivity index (χ1n) is 12.2. The Labute approximate surface area is 223 Å². The number of alkyl halides is 3. The number of methoxy groups -OCH3 is 1. The Bertz CT molecular complexity index is 1540. The van der Waals surface area contributed by atoms with Gasteiger partial charge in [-0.1, -0.05) is 24.0 Å². The highest BCUT2D eigenvalue weighted by Crippen LogP contribution is 2.45. The predicted molar refractivity (Wildman–Crippen MR) is 145 cm³/mol. The second kappa shape index (κ2) is 9.98. The lowest BCUT2D eigenvalue weighted by atomic mass is 9.72. The molecular weight excluding hydrogens is 535 g/mol. The lowest BCUT2D eigenvalue weighted by Gasteiger charge is -2.36. The van der Waals surface area contributed by atoms with Crippen LogP contribution < -0.4 is 20.7 Å². The van der Waals surface area contributed by atoms with Gasteiger partial charge in [0.15, 0.2) is 9.84 Å². The normalized spacial score (nSPS) is 21.0. The molecule has 3 N–H and O–H groups in total. The first-order chi connectivity index (χ1) is 17.9. The lowest BCUT2D eigenvalue weighted by molar-refractivity contribution is -0.126. The third-order valence-electron chi connectivity index (χ3n) is 7.30. The molecule has 1 aliphatic carbocycles. The highest BCUT2D eigenvalue weighted by Gasteiger charge is 2.45. The molecule has 5 rings (SSSR count). The average molecular weight is 564 g/mol. The smallest absolute Gasteiger partial charge is 0.393 e. The number of anilines is 2. The molecule has 3 atom stereocenters. The molecule has 3 unspecified atom stereocenters. The second-order valence-electron chi connectivity index (χ2n) is 9.87. The van der Waals surface area contributed by atoms with E-state index in [-0.39, 0.29) is 23.0 Å². The zero-order valence-electron chi connectivity index (χ0n) is 20.9. The Kier molecular flexibility index (Phi) is 7.00. The zero-order valence-corrected chi connectivity index (χ0v) is 22.6. The van der Waals surface area contributed by atoms with Gasteiger partial charge in [-0.25, -0.2) is 8.42 Å². The third-order valence-corrected chi connectivity index (χ3v) is 9.60. The van der Waals surface area contributed by atoms with Crippen LogP contribution in [0.4, 0.5) is 24.5 Å². The van der Waals surface area contributed by atoms with Crippen LogP contribution in [0.2, 0.25) is 0 Å². The number of halogens is 3. The van der Waals surface area contributed by atoms with Crippen molar-refractivity contribution in [3.05, 3.63) is 46.8 Å². The number of sulfone groups is 1. The number of thiophene rings is 1. The van der Waals surface area contributed by atoms with Gasteiger partial charge in [-0.05, 0) is 47.4 Å². The minimum atomic E-state index is -4.37. The molecule has 2 heterocycles. The average Bonchev–Trinajstić information content (AvgIpc) is 3.37. The van der Waals surface area contributed by atoms with Gasteiger partial charge < -0.3 is 20.7 Å². The highest BCUT2D eigenvalue weighted by atomic mass is 32.2. The summed E-state index contributed by atoms with van der Waals surface area (Å²) in [6, 6.07) is 10.2. The summed E-state index contributed by atoms with van der Waals surface area (Å²) in [5, 5.41) is 3.65. The van der Waals surface area contributed by atoms with Gasteiger partial charge in [0.2, 0.25) is 0 Å². The molecule has 38 heavy (non-hydrogen) atoms. The Morgan fingerprint density at radius 2 is 2.03 bits per heavy atom. The largest absolute Gasteiger partial charge is 0.495 e. The maximum Gasteiger partial charge on any atom is 0.393 e. The van der Waals surface area contributed by atoms with Gasteiger partial charge in [0.25, 0.3) is 0 Å². The van der Waals surface area contributed by atoms with E-state index >= 15 is 0 Å². The first kappa shape index (κ1) is 26.7. The second-order valence-corrected chi connectivity index (χ2v) is 12.9. The zero-order chi connectivity index (χ0) is 27.2. The van der Waals surface area contributed by atoms with E-state index in [1.807, 2.05) is 12.1 Å². The van der Waals surface area contributed by atoms with E-state index in [4.69, 9.17) is 10.5 Å². The van der Waals surface area contributed by atoms with Crippen molar-refractivity contribution in [1.82, 2.24) is 0 Å². The topological polar surface area (TPSA) is 84.7 Å². The number of nitrogens with two attached hydrogens (primary N) is 1. The van der Waals surface area contributed by atoms with Crippen molar-refractivity contribution in [3.63, 3.8) is 0 Å². The quantitative estimate of drug-likeness (QED) is 0.425. The number of ether oxygens (including phenoxy) is 1. The Balaban J connectivity index is 1.42. The summed E-state index contributed by atoms with van der Waals surface area (Å²) in [7, 11) is -1.97. The first-order valence-corrected chi connectivity index (χ1v) is 14.9. The molecule has 202 valence electrons. The maximum absolute atomic E-state index is 13.6. The Morgan fingerprint density at radius 1 is 1.24 bits per heavy atom. The summed E-state index contributed by atoms with van der Waals surface area (Å²) in [4.78, 5) is 2.77. The molecule has 0 radical (unpaired) electrons. The van der Waals surface area contributed by atoms with E-state index in [0.717, 1.165) is 36.2 Å². The Hall–Kier alpha value is -2.94. The van der Waals surface area contributed by atoms with E-state index < -0.39 is 22.4 Å². The summed E-state index contributed by atoms with van der Waals surface area (Å²) in [6.07, 6.45) is -3.32. The van der Waals surface area contributed by atoms with Crippen molar-refractivity contribution in [3.8, 4) is 17.6 Å². The standard InChI is InChI=1S/C27H28F3N3O3S2/c1-36-24-12-17(38(2,34)35)8-9-22(24)32-10-4-7-25-19(13-27(28,29)30)18-5-3-6-23(26(18)37-25)33-14-16-11-21(31)20(16)15-33/h3,5-6,8-9,12,16,20-21,32H,10-11,13-15,31H2,1-2H3. The fraction of sp³-hybridized carbons (Fsp3) is 0.407. The van der Waals surface area contributed by atoms with Crippen LogP contribution in [0.5, 0.6) is 5.75 Å². The van der Waals surface area contributed by atoms with Crippen molar-refractivity contribution in [2.75, 3.05) is 43.2 Å². The minimum absolute atomic E-state index is 0.122. The molecular formula is C27H28F3N3O3S2. The summed E-state index contributed by atoms with van der Waals surface area (Å²) in [5.74, 6) is 7.20. The number of rotatable bonds is 6. The molecule has 2 aliphatic rings. The minimum Gasteiger partial charge on any atom is -0.495 e. The number of nitrogens with one attached hydrogen (secondary N) is 1. The van der Waals surface area contributed by atoms with E-state index in [1.165, 1.54) is 30.6 Å². The van der Waals surface area contributed by atoms with E-state index in [1.54, 1.807) is 12.1 Å². The summed E-state index contributed by atoms with van der Waals surface area (Å²) in [5.41, 5.74) is 7.83. The maximum atomic E-state index is 13.6. The van der Waals surface area contributed by atoms with Crippen molar-refractivity contribution >= 4 is 42.6 Å². The van der Waals surface area contributed by atoms with Crippen molar-refractivity contribution < 1.29 is 26.3 Å². The lowest BCUT2D eigenvalue weighted by Crippen LogP contribution is -2.46. The van der Waals surface area contributed by atoms with Crippen LogP contribution in [0.1, 0.15) is 16.9 Å².